The van der Waals surface area contributed by atoms with E-state index in [9.17, 15) is 9.18 Å². The topological polar surface area (TPSA) is 47.6 Å². The number of halogens is 2. The van der Waals surface area contributed by atoms with E-state index in [2.05, 4.69) is 21.2 Å². The molecule has 0 atom stereocenters. The molecule has 0 aliphatic heterocycles. The average Bonchev–Trinajstić information content (AvgIpc) is 2.55. The molecule has 0 aliphatic rings. The van der Waals surface area contributed by atoms with Crippen LogP contribution >= 0.6 is 15.9 Å². The summed E-state index contributed by atoms with van der Waals surface area (Å²) >= 11 is 3.21. The van der Waals surface area contributed by atoms with Crippen molar-refractivity contribution in [3.63, 3.8) is 0 Å². The first-order valence-electron chi connectivity index (χ1n) is 7.19. The van der Waals surface area contributed by atoms with Crippen LogP contribution in [-0.2, 0) is 0 Å². The number of amides is 1. The third kappa shape index (κ3) is 5.25. The van der Waals surface area contributed by atoms with Crippen molar-refractivity contribution in [1.29, 1.82) is 0 Å². The molecule has 2 aromatic carbocycles. The van der Waals surface area contributed by atoms with Gasteiger partial charge < -0.3 is 14.8 Å². The van der Waals surface area contributed by atoms with Crippen LogP contribution in [0.25, 0.3) is 0 Å². The predicted molar refractivity (Wildman–Crippen MR) is 89.5 cm³/mol. The molecular weight excluding hydrogens is 365 g/mol. The second kappa shape index (κ2) is 8.53. The SMILES string of the molecule is CCOc1ccc(OCCNC(=O)c2cc(Br)ccc2F)cc1. The van der Waals surface area contributed by atoms with Crippen molar-refractivity contribution in [1.82, 2.24) is 5.32 Å². The van der Waals surface area contributed by atoms with E-state index in [-0.39, 0.29) is 18.7 Å². The highest BCUT2D eigenvalue weighted by Crippen LogP contribution is 2.17. The van der Waals surface area contributed by atoms with Gasteiger partial charge in [0.05, 0.1) is 18.7 Å². The lowest BCUT2D eigenvalue weighted by Crippen LogP contribution is -2.28. The van der Waals surface area contributed by atoms with Crippen LogP contribution in [0.5, 0.6) is 11.5 Å². The standard InChI is InChI=1S/C17H17BrFNO3/c1-2-22-13-4-6-14(7-5-13)23-10-9-20-17(21)15-11-12(18)3-8-16(15)19/h3-8,11H,2,9-10H2,1H3,(H,20,21). The molecule has 0 aromatic heterocycles. The molecule has 6 heteroatoms. The largest absolute Gasteiger partial charge is 0.494 e. The molecule has 0 aliphatic carbocycles. The third-order valence-corrected chi connectivity index (χ3v) is 3.46. The number of hydrogen-bond donors (Lipinski definition) is 1. The summed E-state index contributed by atoms with van der Waals surface area (Å²) in [5, 5.41) is 2.62. The van der Waals surface area contributed by atoms with E-state index in [1.807, 2.05) is 19.1 Å². The lowest BCUT2D eigenvalue weighted by Gasteiger charge is -2.09. The maximum absolute atomic E-state index is 13.6. The molecule has 4 nitrogen and oxygen atoms in total. The number of nitrogens with one attached hydrogen (secondary N) is 1. The van der Waals surface area contributed by atoms with Crippen LogP contribution in [0.4, 0.5) is 4.39 Å². The van der Waals surface area contributed by atoms with Gasteiger partial charge in [0, 0.05) is 4.47 Å². The molecule has 0 radical (unpaired) electrons. The van der Waals surface area contributed by atoms with E-state index in [0.717, 1.165) is 5.75 Å². The summed E-state index contributed by atoms with van der Waals surface area (Å²) in [6.45, 7) is 3.09. The molecule has 2 rings (SSSR count). The van der Waals surface area contributed by atoms with Gasteiger partial charge in [-0.1, -0.05) is 15.9 Å². The molecule has 0 spiro atoms. The van der Waals surface area contributed by atoms with E-state index in [1.54, 1.807) is 18.2 Å². The van der Waals surface area contributed by atoms with Crippen LogP contribution in [0, 0.1) is 5.82 Å². The van der Waals surface area contributed by atoms with Gasteiger partial charge in [-0.05, 0) is 49.4 Å². The quantitative estimate of drug-likeness (QED) is 0.742. The van der Waals surface area contributed by atoms with Crippen LogP contribution in [0.1, 0.15) is 17.3 Å². The summed E-state index contributed by atoms with van der Waals surface area (Å²) in [7, 11) is 0. The number of rotatable bonds is 7. The molecule has 1 N–H and O–H groups in total. The van der Waals surface area contributed by atoms with E-state index in [4.69, 9.17) is 9.47 Å². The number of benzene rings is 2. The first-order valence-corrected chi connectivity index (χ1v) is 7.98. The monoisotopic (exact) mass is 381 g/mol. The summed E-state index contributed by atoms with van der Waals surface area (Å²) in [6.07, 6.45) is 0. The Morgan fingerprint density at radius 3 is 2.43 bits per heavy atom. The molecule has 0 unspecified atom stereocenters. The number of carbonyl (C=O) groups excluding carboxylic acids is 1. The zero-order valence-corrected chi connectivity index (χ0v) is 14.2. The van der Waals surface area contributed by atoms with Gasteiger partial charge >= 0.3 is 0 Å². The lowest BCUT2D eigenvalue weighted by molar-refractivity contribution is 0.0943. The maximum Gasteiger partial charge on any atom is 0.254 e. The molecule has 0 heterocycles. The summed E-state index contributed by atoms with van der Waals surface area (Å²) in [5.41, 5.74) is 0.000410. The van der Waals surface area contributed by atoms with Crippen LogP contribution in [0.3, 0.4) is 0 Å². The van der Waals surface area contributed by atoms with Gasteiger partial charge in [0.25, 0.3) is 5.91 Å². The van der Waals surface area contributed by atoms with Crippen molar-refractivity contribution in [2.24, 2.45) is 0 Å². The molecule has 0 fully saturated rings. The highest BCUT2D eigenvalue weighted by atomic mass is 79.9. The van der Waals surface area contributed by atoms with Crippen molar-refractivity contribution < 1.29 is 18.7 Å². The minimum atomic E-state index is -0.557. The smallest absolute Gasteiger partial charge is 0.254 e. The van der Waals surface area contributed by atoms with Crippen molar-refractivity contribution in [2.45, 2.75) is 6.92 Å². The highest BCUT2D eigenvalue weighted by Gasteiger charge is 2.11. The van der Waals surface area contributed by atoms with Gasteiger partial charge in [0.2, 0.25) is 0 Å². The van der Waals surface area contributed by atoms with Gasteiger partial charge in [0.15, 0.2) is 0 Å². The lowest BCUT2D eigenvalue weighted by atomic mass is 10.2. The fourth-order valence-electron chi connectivity index (χ4n) is 1.90. The molecule has 0 bridgehead atoms. The van der Waals surface area contributed by atoms with Gasteiger partial charge in [-0.3, -0.25) is 4.79 Å². The Morgan fingerprint density at radius 2 is 1.78 bits per heavy atom. The minimum Gasteiger partial charge on any atom is -0.494 e. The van der Waals surface area contributed by atoms with Crippen molar-refractivity contribution in [3.8, 4) is 11.5 Å². The Labute approximate surface area is 142 Å². The van der Waals surface area contributed by atoms with Crippen LogP contribution in [0.2, 0.25) is 0 Å². The van der Waals surface area contributed by atoms with Crippen molar-refractivity contribution in [3.05, 3.63) is 58.3 Å². The van der Waals surface area contributed by atoms with Gasteiger partial charge in [-0.25, -0.2) is 4.39 Å². The molecule has 0 saturated carbocycles. The normalized spacial score (nSPS) is 10.2. The Kier molecular flexibility index (Phi) is 6.40. The zero-order valence-electron chi connectivity index (χ0n) is 12.6. The van der Waals surface area contributed by atoms with Crippen LogP contribution in [0.15, 0.2) is 46.9 Å². The minimum absolute atomic E-state index is 0.000410. The number of ether oxygens (including phenoxy) is 2. The van der Waals surface area contributed by atoms with Crippen LogP contribution < -0.4 is 14.8 Å². The Bertz CT molecular complexity index is 661. The zero-order chi connectivity index (χ0) is 16.7. The summed E-state index contributed by atoms with van der Waals surface area (Å²) < 4.78 is 25.1. The van der Waals surface area contributed by atoms with E-state index in [0.29, 0.717) is 16.8 Å². The summed E-state index contributed by atoms with van der Waals surface area (Å²) in [4.78, 5) is 11.9. The molecule has 2 aromatic rings. The fraction of sp³-hybridized carbons (Fsp3) is 0.235. The number of hydrogen-bond acceptors (Lipinski definition) is 3. The molecule has 0 saturated heterocycles. The summed E-state index contributed by atoms with van der Waals surface area (Å²) in [6, 6.07) is 11.4. The highest BCUT2D eigenvalue weighted by molar-refractivity contribution is 9.10. The maximum atomic E-state index is 13.6. The van der Waals surface area contributed by atoms with Gasteiger partial charge in [-0.2, -0.15) is 0 Å². The van der Waals surface area contributed by atoms with Crippen molar-refractivity contribution in [2.75, 3.05) is 19.8 Å². The van der Waals surface area contributed by atoms with E-state index in [1.165, 1.54) is 12.1 Å². The van der Waals surface area contributed by atoms with E-state index >= 15 is 0 Å². The first kappa shape index (κ1) is 17.3. The second-order valence-electron chi connectivity index (χ2n) is 4.63. The Morgan fingerprint density at radius 1 is 1.13 bits per heavy atom. The van der Waals surface area contributed by atoms with Crippen molar-refractivity contribution >= 4 is 21.8 Å². The first-order chi connectivity index (χ1) is 11.1. The Balaban J connectivity index is 1.78. The van der Waals surface area contributed by atoms with Crippen LogP contribution in [-0.4, -0.2) is 25.7 Å². The molecule has 122 valence electrons. The average molecular weight is 382 g/mol. The fourth-order valence-corrected chi connectivity index (χ4v) is 2.26. The molecule has 1 amide bonds. The summed E-state index contributed by atoms with van der Waals surface area (Å²) in [5.74, 6) is 0.423. The van der Waals surface area contributed by atoms with Gasteiger partial charge in [0.1, 0.15) is 23.9 Å². The Hall–Kier alpha value is -2.08. The molecule has 23 heavy (non-hydrogen) atoms. The third-order valence-electron chi connectivity index (χ3n) is 2.96. The second-order valence-corrected chi connectivity index (χ2v) is 5.55. The predicted octanol–water partition coefficient (Wildman–Crippen LogP) is 3.80. The molecular formula is C17H17BrFNO3. The van der Waals surface area contributed by atoms with Gasteiger partial charge in [-0.15, -0.1) is 0 Å². The number of carbonyl (C=O) groups is 1. The van der Waals surface area contributed by atoms with E-state index < -0.39 is 11.7 Å².